The second kappa shape index (κ2) is 2.43. The Morgan fingerprint density at radius 3 is 1.56 bits per heavy atom. The molecule has 0 aliphatic heterocycles. The van der Waals surface area contributed by atoms with Crippen LogP contribution in [0.25, 0.3) is 0 Å². The monoisotopic (exact) mass is 145 g/mol. The quantitative estimate of drug-likeness (QED) is 0.506. The SMILES string of the molecule is CC(C)(C)C[Si](C)(C)[O]. The summed E-state index contributed by atoms with van der Waals surface area (Å²) in [6, 6.07) is 0.875. The van der Waals surface area contributed by atoms with Crippen molar-refractivity contribution in [3.63, 3.8) is 0 Å². The molecule has 0 aliphatic rings. The van der Waals surface area contributed by atoms with E-state index >= 15 is 0 Å². The lowest BCUT2D eigenvalue weighted by atomic mass is 10.0. The third-order valence-electron chi connectivity index (χ3n) is 0.956. The fraction of sp³-hybridized carbons (Fsp3) is 1.00. The summed E-state index contributed by atoms with van der Waals surface area (Å²) in [4.78, 5) is 11.3. The molecule has 0 unspecified atom stereocenters. The third kappa shape index (κ3) is 8.18. The smallest absolute Gasteiger partial charge is 0.231 e. The Bertz CT molecular complexity index is 74.1. The van der Waals surface area contributed by atoms with Crippen LogP contribution in [0.15, 0.2) is 0 Å². The zero-order chi connectivity index (χ0) is 7.71. The van der Waals surface area contributed by atoms with Gasteiger partial charge in [-0.05, 0) is 24.6 Å². The highest BCUT2D eigenvalue weighted by Gasteiger charge is 2.27. The molecule has 0 saturated carbocycles. The average molecular weight is 145 g/mol. The normalized spacial score (nSPS) is 14.0. The second-order valence-electron chi connectivity index (χ2n) is 4.50. The molecular weight excluding hydrogens is 128 g/mol. The maximum atomic E-state index is 11.3. The minimum Gasteiger partial charge on any atom is -0.298 e. The van der Waals surface area contributed by atoms with Crippen molar-refractivity contribution in [1.29, 1.82) is 0 Å². The second-order valence-corrected chi connectivity index (χ2v) is 8.37. The fourth-order valence-electron chi connectivity index (χ4n) is 1.28. The Hall–Kier alpha value is 0.177. The van der Waals surface area contributed by atoms with Gasteiger partial charge in [0.25, 0.3) is 0 Å². The van der Waals surface area contributed by atoms with E-state index in [1.54, 1.807) is 0 Å². The van der Waals surface area contributed by atoms with Gasteiger partial charge in [0.05, 0.1) is 0 Å². The molecule has 0 spiro atoms. The molecule has 0 atom stereocenters. The topological polar surface area (TPSA) is 19.9 Å². The van der Waals surface area contributed by atoms with Gasteiger partial charge in [-0.15, -0.1) is 0 Å². The highest BCUT2D eigenvalue weighted by atomic mass is 28.4. The number of hydrogen-bond acceptors (Lipinski definition) is 0. The van der Waals surface area contributed by atoms with Gasteiger partial charge in [0, 0.05) is 0 Å². The van der Waals surface area contributed by atoms with E-state index in [0.717, 1.165) is 6.04 Å². The summed E-state index contributed by atoms with van der Waals surface area (Å²) >= 11 is 0. The van der Waals surface area contributed by atoms with E-state index in [1.165, 1.54) is 0 Å². The van der Waals surface area contributed by atoms with Gasteiger partial charge in [-0.3, -0.25) is 4.80 Å². The molecule has 0 aromatic rings. The minimum atomic E-state index is -2.04. The molecule has 0 amide bonds. The van der Waals surface area contributed by atoms with Gasteiger partial charge in [0.15, 0.2) is 0 Å². The lowest BCUT2D eigenvalue weighted by molar-refractivity contribution is 0.378. The van der Waals surface area contributed by atoms with Crippen LogP contribution in [0.4, 0.5) is 0 Å². The van der Waals surface area contributed by atoms with Gasteiger partial charge in [-0.25, -0.2) is 0 Å². The summed E-state index contributed by atoms with van der Waals surface area (Å²) in [6.07, 6.45) is 0. The van der Waals surface area contributed by atoms with E-state index in [4.69, 9.17) is 0 Å². The van der Waals surface area contributed by atoms with Crippen LogP contribution in [-0.4, -0.2) is 8.32 Å². The first-order valence-electron chi connectivity index (χ1n) is 3.41. The fourth-order valence-corrected chi connectivity index (χ4v) is 3.83. The molecule has 0 saturated heterocycles. The molecule has 0 rings (SSSR count). The molecule has 0 aromatic carbocycles. The molecule has 0 aliphatic carbocycles. The zero-order valence-electron chi connectivity index (χ0n) is 7.12. The predicted molar refractivity (Wildman–Crippen MR) is 42.4 cm³/mol. The molecule has 9 heavy (non-hydrogen) atoms. The Morgan fingerprint density at radius 1 is 1.22 bits per heavy atom. The number of rotatable bonds is 1. The zero-order valence-corrected chi connectivity index (χ0v) is 8.12. The summed E-state index contributed by atoms with van der Waals surface area (Å²) < 4.78 is 0. The van der Waals surface area contributed by atoms with Crippen molar-refractivity contribution in [3.8, 4) is 0 Å². The van der Waals surface area contributed by atoms with Crippen LogP contribution in [0, 0.1) is 5.41 Å². The molecule has 0 heterocycles. The van der Waals surface area contributed by atoms with Crippen molar-refractivity contribution in [2.45, 2.75) is 39.9 Å². The summed E-state index contributed by atoms with van der Waals surface area (Å²) in [6.45, 7) is 10.1. The summed E-state index contributed by atoms with van der Waals surface area (Å²) in [7, 11) is -2.04. The van der Waals surface area contributed by atoms with Gasteiger partial charge in [-0.2, -0.15) is 0 Å². The maximum absolute atomic E-state index is 11.3. The molecule has 0 bridgehead atoms. The third-order valence-corrected chi connectivity index (χ3v) is 2.87. The van der Waals surface area contributed by atoms with E-state index in [-0.39, 0.29) is 5.41 Å². The molecule has 1 radical (unpaired) electrons. The molecule has 0 aromatic heterocycles. The van der Waals surface area contributed by atoms with E-state index in [2.05, 4.69) is 20.8 Å². The van der Waals surface area contributed by atoms with E-state index in [9.17, 15) is 4.80 Å². The van der Waals surface area contributed by atoms with Gasteiger partial charge in [0.1, 0.15) is 0 Å². The van der Waals surface area contributed by atoms with Crippen molar-refractivity contribution in [1.82, 2.24) is 0 Å². The van der Waals surface area contributed by atoms with Crippen LogP contribution in [0.5, 0.6) is 0 Å². The number of hydrogen-bond donors (Lipinski definition) is 0. The molecule has 0 fully saturated rings. The van der Waals surface area contributed by atoms with E-state index in [0.29, 0.717) is 0 Å². The average Bonchev–Trinajstić information content (AvgIpc) is 1.14. The first kappa shape index (κ1) is 9.18. The van der Waals surface area contributed by atoms with Crippen LogP contribution in [0.3, 0.4) is 0 Å². The molecule has 2 heteroatoms. The van der Waals surface area contributed by atoms with E-state index in [1.807, 2.05) is 13.1 Å². The summed E-state index contributed by atoms with van der Waals surface area (Å²) in [5.41, 5.74) is 0.234. The largest absolute Gasteiger partial charge is 0.298 e. The molecule has 0 N–H and O–H groups in total. The van der Waals surface area contributed by atoms with Crippen LogP contribution >= 0.6 is 0 Å². The molecule has 55 valence electrons. The lowest BCUT2D eigenvalue weighted by Crippen LogP contribution is -2.28. The Balaban J connectivity index is 3.75. The van der Waals surface area contributed by atoms with Crippen molar-refractivity contribution in [3.05, 3.63) is 0 Å². The molecule has 1 nitrogen and oxygen atoms in total. The minimum absolute atomic E-state index is 0.234. The van der Waals surface area contributed by atoms with Crippen molar-refractivity contribution < 1.29 is 4.80 Å². The standard InChI is InChI=1S/C7H17OSi/c1-7(2,3)6-9(4,5)8/h6H2,1-5H3. The van der Waals surface area contributed by atoms with Gasteiger partial charge >= 0.3 is 0 Å². The van der Waals surface area contributed by atoms with Crippen molar-refractivity contribution in [2.75, 3.05) is 0 Å². The maximum Gasteiger partial charge on any atom is 0.231 e. The first-order chi connectivity index (χ1) is 3.71. The van der Waals surface area contributed by atoms with Crippen molar-refractivity contribution >= 4 is 8.32 Å². The lowest BCUT2D eigenvalue weighted by Gasteiger charge is -2.23. The molecular formula is C7H17OSi. The van der Waals surface area contributed by atoms with Crippen LogP contribution in [0.1, 0.15) is 20.8 Å². The van der Waals surface area contributed by atoms with Crippen LogP contribution < -0.4 is 0 Å². The van der Waals surface area contributed by atoms with Gasteiger partial charge in [-0.1, -0.05) is 20.8 Å². The first-order valence-corrected chi connectivity index (χ1v) is 6.53. The van der Waals surface area contributed by atoms with Crippen LogP contribution in [-0.2, 0) is 4.80 Å². The van der Waals surface area contributed by atoms with Crippen molar-refractivity contribution in [2.24, 2.45) is 5.41 Å². The van der Waals surface area contributed by atoms with Gasteiger partial charge < -0.3 is 0 Å². The Morgan fingerprint density at radius 2 is 1.56 bits per heavy atom. The highest BCUT2D eigenvalue weighted by molar-refractivity contribution is 6.69. The highest BCUT2D eigenvalue weighted by Crippen LogP contribution is 2.25. The van der Waals surface area contributed by atoms with Gasteiger partial charge in [0.2, 0.25) is 8.32 Å². The Labute approximate surface area is 59.2 Å². The Kier molecular flexibility index (Phi) is 2.47. The summed E-state index contributed by atoms with van der Waals surface area (Å²) in [5.74, 6) is 0. The summed E-state index contributed by atoms with van der Waals surface area (Å²) in [5, 5.41) is 0. The predicted octanol–water partition coefficient (Wildman–Crippen LogP) is 2.67. The van der Waals surface area contributed by atoms with Crippen LogP contribution in [0.2, 0.25) is 19.1 Å². The van der Waals surface area contributed by atoms with E-state index < -0.39 is 8.32 Å².